The molecule has 2 rings (SSSR count). The molecule has 1 saturated heterocycles. The molecule has 0 saturated carbocycles. The zero-order valence-corrected chi connectivity index (χ0v) is 14.5. The Labute approximate surface area is 142 Å². The summed E-state index contributed by atoms with van der Waals surface area (Å²) in [7, 11) is 1.63. The van der Waals surface area contributed by atoms with Gasteiger partial charge in [0.25, 0.3) is 0 Å². The first kappa shape index (κ1) is 17.8. The quantitative estimate of drug-likeness (QED) is 0.771. The van der Waals surface area contributed by atoms with Crippen molar-refractivity contribution in [2.24, 2.45) is 5.73 Å². The van der Waals surface area contributed by atoms with Gasteiger partial charge in [0.05, 0.1) is 16.7 Å². The van der Waals surface area contributed by atoms with Crippen molar-refractivity contribution in [3.63, 3.8) is 0 Å². The highest BCUT2D eigenvalue weighted by Gasteiger charge is 2.17. The fraction of sp³-hybridized carbons (Fsp3) is 0.625. The first-order valence-electron chi connectivity index (χ1n) is 7.67. The first-order valence-corrected chi connectivity index (χ1v) is 8.43. The molecule has 1 aliphatic rings. The van der Waals surface area contributed by atoms with Gasteiger partial charge < -0.3 is 20.1 Å². The molecular formula is C16H24Cl2N2O2. The molecule has 124 valence electrons. The van der Waals surface area contributed by atoms with Gasteiger partial charge in [0.1, 0.15) is 6.61 Å². The fourth-order valence-corrected chi connectivity index (χ4v) is 3.34. The molecule has 1 heterocycles. The van der Waals surface area contributed by atoms with Gasteiger partial charge in [-0.05, 0) is 43.5 Å². The number of likely N-dealkylation sites (tertiary alicyclic amines) is 1. The number of hydrogen-bond acceptors (Lipinski definition) is 4. The molecule has 0 aliphatic carbocycles. The van der Waals surface area contributed by atoms with E-state index in [0.717, 1.165) is 38.0 Å². The molecule has 1 fully saturated rings. The van der Waals surface area contributed by atoms with Crippen LogP contribution in [0.25, 0.3) is 0 Å². The standard InChI is InChI=1S/C16H24Cl2N2O2/c1-21-7-8-22-16-14(17)9-12(10-15(16)18)4-6-20-5-2-3-13(19)11-20/h9-10,13H,2-8,11,19H2,1H3/t13-/m0/s1. The normalized spacial score (nSPS) is 19.4. The van der Waals surface area contributed by atoms with Gasteiger partial charge in [0.2, 0.25) is 0 Å². The average molecular weight is 347 g/mol. The zero-order valence-electron chi connectivity index (χ0n) is 13.0. The minimum absolute atomic E-state index is 0.303. The number of piperidine rings is 1. The summed E-state index contributed by atoms with van der Waals surface area (Å²) in [5.74, 6) is 0.532. The Bertz CT molecular complexity index is 462. The lowest BCUT2D eigenvalue weighted by atomic mass is 10.1. The number of hydrogen-bond donors (Lipinski definition) is 1. The van der Waals surface area contributed by atoms with Gasteiger partial charge in [-0.15, -0.1) is 0 Å². The van der Waals surface area contributed by atoms with E-state index in [1.807, 2.05) is 12.1 Å². The highest BCUT2D eigenvalue weighted by molar-refractivity contribution is 6.37. The minimum Gasteiger partial charge on any atom is -0.488 e. The van der Waals surface area contributed by atoms with E-state index < -0.39 is 0 Å². The zero-order chi connectivity index (χ0) is 15.9. The van der Waals surface area contributed by atoms with Crippen molar-refractivity contribution in [3.05, 3.63) is 27.7 Å². The van der Waals surface area contributed by atoms with E-state index in [9.17, 15) is 0 Å². The summed E-state index contributed by atoms with van der Waals surface area (Å²) in [5, 5.41) is 1.10. The van der Waals surface area contributed by atoms with Gasteiger partial charge in [-0.2, -0.15) is 0 Å². The molecule has 0 aromatic heterocycles. The Morgan fingerprint density at radius 1 is 1.27 bits per heavy atom. The molecule has 1 atom stereocenters. The van der Waals surface area contributed by atoms with Crippen LogP contribution in [0, 0.1) is 0 Å². The van der Waals surface area contributed by atoms with Crippen LogP contribution in [-0.2, 0) is 11.2 Å². The predicted molar refractivity (Wildman–Crippen MR) is 91.2 cm³/mol. The number of nitrogens with zero attached hydrogens (tertiary/aromatic N) is 1. The van der Waals surface area contributed by atoms with E-state index in [1.54, 1.807) is 7.11 Å². The average Bonchev–Trinajstić information content (AvgIpc) is 2.48. The molecule has 0 amide bonds. The van der Waals surface area contributed by atoms with Crippen LogP contribution >= 0.6 is 23.2 Å². The highest BCUT2D eigenvalue weighted by atomic mass is 35.5. The van der Waals surface area contributed by atoms with Gasteiger partial charge in [-0.1, -0.05) is 23.2 Å². The Morgan fingerprint density at radius 3 is 2.64 bits per heavy atom. The van der Waals surface area contributed by atoms with Crippen LogP contribution in [0.4, 0.5) is 0 Å². The van der Waals surface area contributed by atoms with E-state index in [2.05, 4.69) is 4.90 Å². The van der Waals surface area contributed by atoms with E-state index in [0.29, 0.717) is 35.1 Å². The van der Waals surface area contributed by atoms with Crippen molar-refractivity contribution in [2.45, 2.75) is 25.3 Å². The first-order chi connectivity index (χ1) is 10.6. The van der Waals surface area contributed by atoms with Gasteiger partial charge >= 0.3 is 0 Å². The van der Waals surface area contributed by atoms with Gasteiger partial charge in [0.15, 0.2) is 5.75 Å². The summed E-state index contributed by atoms with van der Waals surface area (Å²) < 4.78 is 10.5. The second kappa shape index (κ2) is 8.94. The van der Waals surface area contributed by atoms with Crippen LogP contribution in [0.15, 0.2) is 12.1 Å². The molecule has 1 aromatic rings. The van der Waals surface area contributed by atoms with Crippen molar-refractivity contribution in [1.29, 1.82) is 0 Å². The summed E-state index contributed by atoms with van der Waals surface area (Å²) in [4.78, 5) is 2.40. The summed E-state index contributed by atoms with van der Waals surface area (Å²) in [6.45, 7) is 4.00. The van der Waals surface area contributed by atoms with Gasteiger partial charge in [-0.3, -0.25) is 0 Å². The number of nitrogens with two attached hydrogens (primary N) is 1. The van der Waals surface area contributed by atoms with Crippen molar-refractivity contribution in [1.82, 2.24) is 4.90 Å². The smallest absolute Gasteiger partial charge is 0.156 e. The molecule has 0 spiro atoms. The number of methoxy groups -OCH3 is 1. The number of ether oxygens (including phenoxy) is 2. The third-order valence-corrected chi connectivity index (χ3v) is 4.41. The SMILES string of the molecule is COCCOc1c(Cl)cc(CCN2CCC[C@H](N)C2)cc1Cl. The molecule has 0 unspecified atom stereocenters. The largest absolute Gasteiger partial charge is 0.488 e. The fourth-order valence-electron chi connectivity index (χ4n) is 2.70. The molecule has 4 nitrogen and oxygen atoms in total. The molecule has 2 N–H and O–H groups in total. The van der Waals surface area contributed by atoms with Crippen molar-refractivity contribution < 1.29 is 9.47 Å². The monoisotopic (exact) mass is 346 g/mol. The summed E-state index contributed by atoms with van der Waals surface area (Å²) in [6.07, 6.45) is 3.21. The third-order valence-electron chi connectivity index (χ3n) is 3.85. The van der Waals surface area contributed by atoms with E-state index in [1.165, 1.54) is 6.42 Å². The number of benzene rings is 1. The van der Waals surface area contributed by atoms with E-state index >= 15 is 0 Å². The number of halogens is 2. The number of rotatable bonds is 7. The molecule has 0 bridgehead atoms. The van der Waals surface area contributed by atoms with Crippen LogP contribution in [0.1, 0.15) is 18.4 Å². The minimum atomic E-state index is 0.303. The maximum Gasteiger partial charge on any atom is 0.156 e. The van der Waals surface area contributed by atoms with E-state index in [4.69, 9.17) is 38.4 Å². The summed E-state index contributed by atoms with van der Waals surface area (Å²) >= 11 is 12.5. The topological polar surface area (TPSA) is 47.7 Å². The van der Waals surface area contributed by atoms with Crippen molar-refractivity contribution in [3.8, 4) is 5.75 Å². The maximum absolute atomic E-state index is 6.27. The molecule has 6 heteroatoms. The molecule has 22 heavy (non-hydrogen) atoms. The second-order valence-corrected chi connectivity index (χ2v) is 6.50. The van der Waals surface area contributed by atoms with Crippen LogP contribution in [0.5, 0.6) is 5.75 Å². The second-order valence-electron chi connectivity index (χ2n) is 5.68. The maximum atomic E-state index is 6.27. The third kappa shape index (κ3) is 5.28. The van der Waals surface area contributed by atoms with Crippen LogP contribution in [-0.4, -0.2) is 50.9 Å². The van der Waals surface area contributed by atoms with Crippen LogP contribution < -0.4 is 10.5 Å². The molecule has 1 aromatic carbocycles. The Morgan fingerprint density at radius 2 is 2.00 bits per heavy atom. The van der Waals surface area contributed by atoms with Gasteiger partial charge in [-0.25, -0.2) is 0 Å². The van der Waals surface area contributed by atoms with Crippen molar-refractivity contribution in [2.75, 3.05) is 40.0 Å². The lowest BCUT2D eigenvalue weighted by Gasteiger charge is -2.30. The summed E-state index contributed by atoms with van der Waals surface area (Å²) in [5.41, 5.74) is 7.13. The van der Waals surface area contributed by atoms with Gasteiger partial charge in [0, 0.05) is 26.2 Å². The molecular weight excluding hydrogens is 323 g/mol. The Balaban J connectivity index is 1.91. The van der Waals surface area contributed by atoms with Crippen molar-refractivity contribution >= 4 is 23.2 Å². The van der Waals surface area contributed by atoms with Crippen LogP contribution in [0.2, 0.25) is 10.0 Å². The molecule has 1 aliphatic heterocycles. The lowest BCUT2D eigenvalue weighted by Crippen LogP contribution is -2.43. The van der Waals surface area contributed by atoms with Crippen LogP contribution in [0.3, 0.4) is 0 Å². The lowest BCUT2D eigenvalue weighted by molar-refractivity contribution is 0.146. The van der Waals surface area contributed by atoms with E-state index in [-0.39, 0.29) is 0 Å². The summed E-state index contributed by atoms with van der Waals surface area (Å²) in [6, 6.07) is 4.16. The Kier molecular flexibility index (Phi) is 7.25. The molecule has 0 radical (unpaired) electrons. The highest BCUT2D eigenvalue weighted by Crippen LogP contribution is 2.34. The Hall–Kier alpha value is -0.520. The predicted octanol–water partition coefficient (Wildman–Crippen LogP) is 2.98.